The Bertz CT molecular complexity index is 1070. The minimum absolute atomic E-state index is 0.258. The van der Waals surface area contributed by atoms with E-state index in [1.807, 2.05) is 58.0 Å². The molecule has 0 spiro atoms. The van der Waals surface area contributed by atoms with Crippen LogP contribution in [0.1, 0.15) is 39.7 Å². The summed E-state index contributed by atoms with van der Waals surface area (Å²) in [4.78, 5) is 28.2. The van der Waals surface area contributed by atoms with Crippen LogP contribution in [0.4, 0.5) is 5.69 Å². The minimum Gasteiger partial charge on any atom is -0.350 e. The second-order valence-electron chi connectivity index (χ2n) is 9.23. The molecule has 2 aromatic rings. The predicted molar refractivity (Wildman–Crippen MR) is 140 cm³/mol. The molecule has 7 nitrogen and oxygen atoms in total. The zero-order valence-corrected chi connectivity index (χ0v) is 22.8. The van der Waals surface area contributed by atoms with E-state index in [4.69, 9.17) is 0 Å². The summed E-state index contributed by atoms with van der Waals surface area (Å²) in [6, 6.07) is 15.7. The molecule has 0 saturated carbocycles. The first kappa shape index (κ1) is 27.9. The monoisotopic (exact) mass is 551 g/mol. The normalized spacial score (nSPS) is 12.6. The lowest BCUT2D eigenvalue weighted by Gasteiger charge is -2.34. The Morgan fingerprint density at radius 2 is 1.62 bits per heavy atom. The minimum atomic E-state index is -3.74. The van der Waals surface area contributed by atoms with Crippen LogP contribution < -0.4 is 9.62 Å². The van der Waals surface area contributed by atoms with E-state index in [2.05, 4.69) is 21.2 Å². The largest absolute Gasteiger partial charge is 0.350 e. The molecule has 0 fully saturated rings. The van der Waals surface area contributed by atoms with Gasteiger partial charge in [0.15, 0.2) is 0 Å². The van der Waals surface area contributed by atoms with Gasteiger partial charge in [-0.1, -0.05) is 53.2 Å². The van der Waals surface area contributed by atoms with Gasteiger partial charge in [0.1, 0.15) is 12.6 Å². The summed E-state index contributed by atoms with van der Waals surface area (Å²) >= 11 is 3.34. The van der Waals surface area contributed by atoms with E-state index in [1.165, 1.54) is 4.90 Å². The van der Waals surface area contributed by atoms with Crippen molar-refractivity contribution < 1.29 is 18.0 Å². The highest BCUT2D eigenvalue weighted by Crippen LogP contribution is 2.21. The van der Waals surface area contributed by atoms with Crippen LogP contribution in [0.2, 0.25) is 0 Å². The van der Waals surface area contributed by atoms with Gasteiger partial charge in [0.25, 0.3) is 0 Å². The lowest BCUT2D eigenvalue weighted by atomic mass is 10.1. The molecule has 1 N–H and O–H groups in total. The fourth-order valence-corrected chi connectivity index (χ4v) is 4.68. The first-order chi connectivity index (χ1) is 15.8. The highest BCUT2D eigenvalue weighted by Gasteiger charge is 2.32. The molecule has 0 unspecified atom stereocenters. The van der Waals surface area contributed by atoms with Crippen molar-refractivity contribution in [3.8, 4) is 0 Å². The zero-order valence-electron chi connectivity index (χ0n) is 20.4. The Hall–Kier alpha value is -2.39. The Morgan fingerprint density at radius 3 is 2.12 bits per heavy atom. The Labute approximate surface area is 211 Å². The molecule has 186 valence electrons. The van der Waals surface area contributed by atoms with Crippen molar-refractivity contribution in [3.05, 3.63) is 64.6 Å². The molecule has 0 bridgehead atoms. The van der Waals surface area contributed by atoms with Crippen molar-refractivity contribution in [2.24, 2.45) is 0 Å². The predicted octanol–water partition coefficient (Wildman–Crippen LogP) is 3.98. The van der Waals surface area contributed by atoms with Crippen molar-refractivity contribution in [1.29, 1.82) is 0 Å². The number of hydrogen-bond acceptors (Lipinski definition) is 4. The first-order valence-corrected chi connectivity index (χ1v) is 13.8. The first-order valence-electron chi connectivity index (χ1n) is 11.2. The second-order valence-corrected chi connectivity index (χ2v) is 12.1. The third-order valence-electron chi connectivity index (χ3n) is 5.16. The number of hydrogen-bond donors (Lipinski definition) is 1. The summed E-state index contributed by atoms with van der Waals surface area (Å²) in [7, 11) is -3.74. The van der Waals surface area contributed by atoms with E-state index in [1.54, 1.807) is 24.3 Å². The van der Waals surface area contributed by atoms with E-state index in [0.29, 0.717) is 18.5 Å². The fourth-order valence-electron chi connectivity index (χ4n) is 3.57. The van der Waals surface area contributed by atoms with Crippen LogP contribution in [0.25, 0.3) is 0 Å². The van der Waals surface area contributed by atoms with Crippen LogP contribution in [0.5, 0.6) is 0 Å². The van der Waals surface area contributed by atoms with Crippen LogP contribution in [0.15, 0.2) is 59.1 Å². The van der Waals surface area contributed by atoms with Gasteiger partial charge in [-0.25, -0.2) is 8.42 Å². The Kier molecular flexibility index (Phi) is 9.70. The van der Waals surface area contributed by atoms with Gasteiger partial charge in [-0.05, 0) is 63.4 Å². The molecule has 9 heteroatoms. The molecule has 2 rings (SSSR count). The number of rotatable bonds is 10. The molecule has 0 aromatic heterocycles. The molecule has 1 atom stereocenters. The van der Waals surface area contributed by atoms with Crippen molar-refractivity contribution in [3.63, 3.8) is 0 Å². The third-order valence-corrected chi connectivity index (χ3v) is 6.83. The number of benzene rings is 2. The number of nitrogens with one attached hydrogen (secondary N) is 1. The topological polar surface area (TPSA) is 86.8 Å². The molecule has 0 heterocycles. The van der Waals surface area contributed by atoms with Gasteiger partial charge in [0.05, 0.1) is 11.9 Å². The van der Waals surface area contributed by atoms with Crippen LogP contribution in [0, 0.1) is 0 Å². The van der Waals surface area contributed by atoms with Crippen molar-refractivity contribution in [2.45, 2.75) is 52.1 Å². The molecule has 34 heavy (non-hydrogen) atoms. The summed E-state index contributed by atoms with van der Waals surface area (Å²) in [6.45, 7) is 7.39. The van der Waals surface area contributed by atoms with Crippen LogP contribution >= 0.6 is 15.9 Å². The van der Waals surface area contributed by atoms with Gasteiger partial charge in [-0.3, -0.25) is 13.9 Å². The molecule has 2 amide bonds. The average molecular weight is 553 g/mol. The van der Waals surface area contributed by atoms with Gasteiger partial charge in [-0.2, -0.15) is 0 Å². The highest BCUT2D eigenvalue weighted by molar-refractivity contribution is 9.10. The maximum Gasteiger partial charge on any atom is 0.244 e. The van der Waals surface area contributed by atoms with Crippen LogP contribution in [0.3, 0.4) is 0 Å². The molecule has 0 aliphatic rings. The molecular weight excluding hydrogens is 518 g/mol. The molecule has 0 aliphatic heterocycles. The number of anilines is 1. The van der Waals surface area contributed by atoms with Crippen molar-refractivity contribution in [2.75, 3.05) is 23.7 Å². The number of carbonyl (C=O) groups is 2. The number of amides is 2. The maximum absolute atomic E-state index is 13.6. The standard InChI is InChI=1S/C25H34BrN3O4S/c1-6-22(24(31)27-25(2,3)4)28(17-16-19-10-8-7-9-11-19)23(30)18-29(34(5,32)33)21-14-12-20(26)13-15-21/h7-15,22H,6,16-18H2,1-5H3,(H,27,31)/t22-/m0/s1. The smallest absolute Gasteiger partial charge is 0.244 e. The number of halogens is 1. The second kappa shape index (κ2) is 11.8. The maximum atomic E-state index is 13.6. The summed E-state index contributed by atoms with van der Waals surface area (Å²) in [5.74, 6) is -0.689. The van der Waals surface area contributed by atoms with Gasteiger partial charge >= 0.3 is 0 Å². The highest BCUT2D eigenvalue weighted by atomic mass is 79.9. The van der Waals surface area contributed by atoms with E-state index in [0.717, 1.165) is 20.6 Å². The molecule has 2 aromatic carbocycles. The van der Waals surface area contributed by atoms with E-state index in [9.17, 15) is 18.0 Å². The third kappa shape index (κ3) is 8.43. The average Bonchev–Trinajstić information content (AvgIpc) is 2.74. The molecule has 0 aliphatic carbocycles. The summed E-state index contributed by atoms with van der Waals surface area (Å²) in [5, 5.41) is 2.96. The van der Waals surface area contributed by atoms with Gasteiger partial charge < -0.3 is 10.2 Å². The van der Waals surface area contributed by atoms with Gasteiger partial charge in [0.2, 0.25) is 21.8 Å². The lowest BCUT2D eigenvalue weighted by molar-refractivity contribution is -0.140. The van der Waals surface area contributed by atoms with Crippen molar-refractivity contribution >= 4 is 43.5 Å². The summed E-state index contributed by atoms with van der Waals surface area (Å²) in [6.07, 6.45) is 2.02. The Balaban J connectivity index is 2.36. The zero-order chi connectivity index (χ0) is 25.5. The van der Waals surface area contributed by atoms with E-state index < -0.39 is 34.1 Å². The number of sulfonamides is 1. The van der Waals surface area contributed by atoms with E-state index >= 15 is 0 Å². The Morgan fingerprint density at radius 1 is 1.03 bits per heavy atom. The quantitative estimate of drug-likeness (QED) is 0.483. The fraction of sp³-hybridized carbons (Fsp3) is 0.440. The lowest BCUT2D eigenvalue weighted by Crippen LogP contribution is -2.56. The molecule has 0 radical (unpaired) electrons. The molecule has 0 saturated heterocycles. The van der Waals surface area contributed by atoms with Crippen LogP contribution in [-0.4, -0.2) is 56.1 Å². The van der Waals surface area contributed by atoms with Gasteiger partial charge in [-0.15, -0.1) is 0 Å². The SMILES string of the molecule is CC[C@@H](C(=O)NC(C)(C)C)N(CCc1ccccc1)C(=O)CN(c1ccc(Br)cc1)S(C)(=O)=O. The van der Waals surface area contributed by atoms with Crippen LogP contribution in [-0.2, 0) is 26.0 Å². The number of nitrogens with zero attached hydrogens (tertiary/aromatic N) is 2. The summed E-state index contributed by atoms with van der Waals surface area (Å²) < 4.78 is 27.0. The van der Waals surface area contributed by atoms with Crippen molar-refractivity contribution in [1.82, 2.24) is 10.2 Å². The number of carbonyl (C=O) groups excluding carboxylic acids is 2. The summed E-state index contributed by atoms with van der Waals surface area (Å²) in [5.41, 5.74) is 0.947. The molecular formula is C25H34BrN3O4S. The van der Waals surface area contributed by atoms with E-state index in [-0.39, 0.29) is 12.5 Å². The van der Waals surface area contributed by atoms with Gasteiger partial charge in [0, 0.05) is 16.6 Å².